The van der Waals surface area contributed by atoms with Gasteiger partial charge in [0.25, 0.3) is 0 Å². The maximum Gasteiger partial charge on any atom is 0.435 e. The number of hydrogen-bond donors (Lipinski definition) is 1. The summed E-state index contributed by atoms with van der Waals surface area (Å²) in [5.74, 6) is -0.577. The van der Waals surface area contributed by atoms with Crippen LogP contribution in [0, 0.1) is 12.8 Å². The van der Waals surface area contributed by atoms with Gasteiger partial charge in [-0.25, -0.2) is 0 Å². The van der Waals surface area contributed by atoms with Crippen molar-refractivity contribution in [3.05, 3.63) is 11.3 Å². The average molecular weight is 319 g/mol. The minimum absolute atomic E-state index is 0.0758. The van der Waals surface area contributed by atoms with Crippen LogP contribution in [-0.4, -0.2) is 28.4 Å². The highest BCUT2D eigenvalue weighted by molar-refractivity contribution is 5.93. The number of aromatic nitrogens is 2. The number of carbonyl (C=O) groups is 1. The summed E-state index contributed by atoms with van der Waals surface area (Å²) in [4.78, 5) is 12.4. The van der Waals surface area contributed by atoms with E-state index >= 15 is 0 Å². The van der Waals surface area contributed by atoms with Crippen molar-refractivity contribution >= 4 is 11.7 Å². The molecule has 0 aromatic carbocycles. The highest BCUT2D eigenvalue weighted by Gasteiger charge is 2.38. The normalized spacial score (nSPS) is 22.6. The standard InChI is InChI=1S/C14H20F3N3O2/c1-4-10-9(6-5-7-22-10)13(21)18-12-8(2)11(14(15,16)17)19-20(12)3/h9-10H,4-7H2,1-3H3,(H,18,21). The summed E-state index contributed by atoms with van der Waals surface area (Å²) < 4.78 is 45.1. The van der Waals surface area contributed by atoms with E-state index in [9.17, 15) is 18.0 Å². The molecular formula is C14H20F3N3O2. The van der Waals surface area contributed by atoms with Gasteiger partial charge < -0.3 is 10.1 Å². The Balaban J connectivity index is 2.20. The summed E-state index contributed by atoms with van der Waals surface area (Å²) in [6, 6.07) is 0. The zero-order chi connectivity index (χ0) is 16.5. The zero-order valence-corrected chi connectivity index (χ0v) is 12.8. The predicted molar refractivity (Wildman–Crippen MR) is 74.3 cm³/mol. The van der Waals surface area contributed by atoms with Crippen LogP contribution in [0.4, 0.5) is 19.0 Å². The molecule has 124 valence electrons. The van der Waals surface area contributed by atoms with Gasteiger partial charge in [0.1, 0.15) is 5.82 Å². The quantitative estimate of drug-likeness (QED) is 0.932. The summed E-state index contributed by atoms with van der Waals surface area (Å²) >= 11 is 0. The molecule has 1 aliphatic heterocycles. The third kappa shape index (κ3) is 3.26. The number of rotatable bonds is 3. The molecule has 2 atom stereocenters. The average Bonchev–Trinajstić information content (AvgIpc) is 2.75. The van der Waals surface area contributed by atoms with E-state index in [0.717, 1.165) is 11.1 Å². The Morgan fingerprint density at radius 3 is 2.73 bits per heavy atom. The van der Waals surface area contributed by atoms with Gasteiger partial charge >= 0.3 is 6.18 Å². The summed E-state index contributed by atoms with van der Waals surface area (Å²) in [5.41, 5.74) is -1.05. The number of amides is 1. The molecule has 2 heterocycles. The van der Waals surface area contributed by atoms with Crippen molar-refractivity contribution in [2.75, 3.05) is 11.9 Å². The number of carbonyl (C=O) groups excluding carboxylic acids is 1. The van der Waals surface area contributed by atoms with Crippen LogP contribution in [0.1, 0.15) is 37.4 Å². The molecule has 1 fully saturated rings. The molecule has 1 amide bonds. The first kappa shape index (κ1) is 16.8. The fourth-order valence-corrected chi connectivity index (χ4v) is 2.83. The number of aryl methyl sites for hydroxylation is 1. The van der Waals surface area contributed by atoms with Gasteiger partial charge in [0.05, 0.1) is 12.0 Å². The van der Waals surface area contributed by atoms with Crippen LogP contribution in [0.15, 0.2) is 0 Å². The van der Waals surface area contributed by atoms with E-state index in [1.165, 1.54) is 14.0 Å². The molecule has 1 aromatic rings. The summed E-state index contributed by atoms with van der Waals surface area (Å²) in [6.07, 6.45) is -2.59. The van der Waals surface area contributed by atoms with E-state index in [2.05, 4.69) is 10.4 Å². The smallest absolute Gasteiger partial charge is 0.377 e. The molecule has 1 aromatic heterocycles. The lowest BCUT2D eigenvalue weighted by atomic mass is 9.92. The summed E-state index contributed by atoms with van der Waals surface area (Å²) in [7, 11) is 1.38. The number of nitrogens with zero attached hydrogens (tertiary/aromatic N) is 2. The van der Waals surface area contributed by atoms with Crippen LogP contribution in [0.2, 0.25) is 0 Å². The van der Waals surface area contributed by atoms with E-state index in [-0.39, 0.29) is 29.3 Å². The van der Waals surface area contributed by atoms with Crippen molar-refractivity contribution in [2.45, 2.75) is 45.4 Å². The molecule has 0 aliphatic carbocycles. The molecular weight excluding hydrogens is 299 g/mol. The SMILES string of the molecule is CCC1OCCCC1C(=O)Nc1c(C)c(C(F)(F)F)nn1C. The number of anilines is 1. The largest absolute Gasteiger partial charge is 0.435 e. The van der Waals surface area contributed by atoms with Crippen molar-refractivity contribution in [1.82, 2.24) is 9.78 Å². The first-order chi connectivity index (χ1) is 10.3. The maximum atomic E-state index is 12.8. The van der Waals surface area contributed by atoms with Crippen LogP contribution in [0.3, 0.4) is 0 Å². The lowest BCUT2D eigenvalue weighted by Gasteiger charge is -2.30. The Bertz CT molecular complexity index is 554. The molecule has 0 spiro atoms. The summed E-state index contributed by atoms with van der Waals surface area (Å²) in [5, 5.41) is 6.05. The Morgan fingerprint density at radius 1 is 1.50 bits per heavy atom. The van der Waals surface area contributed by atoms with Crippen LogP contribution in [-0.2, 0) is 22.8 Å². The van der Waals surface area contributed by atoms with Crippen LogP contribution < -0.4 is 5.32 Å². The Kier molecular flexibility index (Phi) is 4.79. The van der Waals surface area contributed by atoms with Crippen LogP contribution >= 0.6 is 0 Å². The predicted octanol–water partition coefficient (Wildman–Crippen LogP) is 2.89. The molecule has 1 saturated heterocycles. The molecule has 8 heteroatoms. The number of halogens is 3. The minimum Gasteiger partial charge on any atom is -0.377 e. The second kappa shape index (κ2) is 6.28. The molecule has 1 aliphatic rings. The van der Waals surface area contributed by atoms with Gasteiger partial charge in [-0.3, -0.25) is 9.48 Å². The third-order valence-corrected chi connectivity index (χ3v) is 3.97. The van der Waals surface area contributed by atoms with Gasteiger partial charge in [-0.15, -0.1) is 0 Å². The highest BCUT2D eigenvalue weighted by Crippen LogP contribution is 2.34. The van der Waals surface area contributed by atoms with E-state index < -0.39 is 11.9 Å². The van der Waals surface area contributed by atoms with Gasteiger partial charge in [-0.2, -0.15) is 18.3 Å². The van der Waals surface area contributed by atoms with Crippen LogP contribution in [0.5, 0.6) is 0 Å². The first-order valence-corrected chi connectivity index (χ1v) is 7.29. The van der Waals surface area contributed by atoms with Crippen molar-refractivity contribution in [3.63, 3.8) is 0 Å². The minimum atomic E-state index is -4.54. The van der Waals surface area contributed by atoms with Gasteiger partial charge in [0.15, 0.2) is 5.69 Å². The number of alkyl halides is 3. The zero-order valence-electron chi connectivity index (χ0n) is 12.8. The van der Waals surface area contributed by atoms with E-state index in [1.54, 1.807) is 0 Å². The number of hydrogen-bond acceptors (Lipinski definition) is 3. The van der Waals surface area contributed by atoms with E-state index in [4.69, 9.17) is 4.74 Å². The second-order valence-corrected chi connectivity index (χ2v) is 5.50. The monoisotopic (exact) mass is 319 g/mol. The van der Waals surface area contributed by atoms with Crippen molar-refractivity contribution in [2.24, 2.45) is 13.0 Å². The topological polar surface area (TPSA) is 56.1 Å². The molecule has 0 saturated carbocycles. The Hall–Kier alpha value is -1.57. The highest BCUT2D eigenvalue weighted by atomic mass is 19.4. The Labute approximate surface area is 126 Å². The first-order valence-electron chi connectivity index (χ1n) is 7.29. The van der Waals surface area contributed by atoms with Gasteiger partial charge in [-0.05, 0) is 26.2 Å². The molecule has 2 unspecified atom stereocenters. The molecule has 2 rings (SSSR count). The molecule has 1 N–H and O–H groups in total. The fraction of sp³-hybridized carbons (Fsp3) is 0.714. The van der Waals surface area contributed by atoms with Crippen molar-refractivity contribution < 1.29 is 22.7 Å². The third-order valence-electron chi connectivity index (χ3n) is 3.97. The van der Waals surface area contributed by atoms with Crippen molar-refractivity contribution in [1.29, 1.82) is 0 Å². The van der Waals surface area contributed by atoms with E-state index in [0.29, 0.717) is 19.4 Å². The van der Waals surface area contributed by atoms with Gasteiger partial charge in [0, 0.05) is 19.2 Å². The molecule has 0 radical (unpaired) electrons. The second-order valence-electron chi connectivity index (χ2n) is 5.50. The lowest BCUT2D eigenvalue weighted by Crippen LogP contribution is -2.38. The number of nitrogens with one attached hydrogen (secondary N) is 1. The van der Waals surface area contributed by atoms with Crippen molar-refractivity contribution in [3.8, 4) is 0 Å². The fourth-order valence-electron chi connectivity index (χ4n) is 2.83. The Morgan fingerprint density at radius 2 is 2.18 bits per heavy atom. The maximum absolute atomic E-state index is 12.8. The lowest BCUT2D eigenvalue weighted by molar-refractivity contribution is -0.142. The van der Waals surface area contributed by atoms with Gasteiger partial charge in [-0.1, -0.05) is 6.92 Å². The van der Waals surface area contributed by atoms with Gasteiger partial charge in [0.2, 0.25) is 5.91 Å². The molecule has 22 heavy (non-hydrogen) atoms. The van der Waals surface area contributed by atoms with Crippen LogP contribution in [0.25, 0.3) is 0 Å². The molecule has 0 bridgehead atoms. The van der Waals surface area contributed by atoms with E-state index in [1.807, 2.05) is 6.92 Å². The molecule has 5 nitrogen and oxygen atoms in total. The summed E-state index contributed by atoms with van der Waals surface area (Å²) in [6.45, 7) is 3.85. The number of ether oxygens (including phenoxy) is 1.